The van der Waals surface area contributed by atoms with Crippen LogP contribution in [0.2, 0.25) is 0 Å². The molecule has 0 fully saturated rings. The maximum absolute atomic E-state index is 12.2. The van der Waals surface area contributed by atoms with E-state index < -0.39 is 5.97 Å². The summed E-state index contributed by atoms with van der Waals surface area (Å²) in [5.74, 6) is -0.805. The van der Waals surface area contributed by atoms with Crippen LogP contribution < -0.4 is 10.6 Å². The summed E-state index contributed by atoms with van der Waals surface area (Å²) in [5.41, 5.74) is 2.01. The van der Waals surface area contributed by atoms with Crippen LogP contribution in [-0.4, -0.2) is 30.4 Å². The first kappa shape index (κ1) is 20.9. The van der Waals surface area contributed by atoms with Crippen molar-refractivity contribution in [3.63, 3.8) is 0 Å². The fraction of sp³-hybridized carbons (Fsp3) is 0.227. The van der Waals surface area contributed by atoms with Crippen molar-refractivity contribution in [3.8, 4) is 0 Å². The maximum atomic E-state index is 12.2. The number of anilines is 1. The van der Waals surface area contributed by atoms with Crippen LogP contribution in [0.4, 0.5) is 5.69 Å². The highest BCUT2D eigenvalue weighted by atomic mass is 16.5. The molecule has 2 aromatic carbocycles. The van der Waals surface area contributed by atoms with E-state index in [2.05, 4.69) is 10.6 Å². The van der Waals surface area contributed by atoms with Crippen molar-refractivity contribution >= 4 is 29.5 Å². The van der Waals surface area contributed by atoms with Gasteiger partial charge in [-0.25, -0.2) is 4.79 Å². The molecule has 0 heterocycles. The fourth-order valence-electron chi connectivity index (χ4n) is 2.47. The summed E-state index contributed by atoms with van der Waals surface area (Å²) in [6, 6.07) is 15.6. The lowest BCUT2D eigenvalue weighted by Crippen LogP contribution is -2.35. The first-order valence-electron chi connectivity index (χ1n) is 9.08. The van der Waals surface area contributed by atoms with Crippen molar-refractivity contribution in [1.82, 2.24) is 5.32 Å². The molecule has 0 spiro atoms. The number of rotatable bonds is 8. The number of benzene rings is 2. The lowest BCUT2D eigenvalue weighted by Gasteiger charge is -2.14. The van der Waals surface area contributed by atoms with E-state index >= 15 is 0 Å². The van der Waals surface area contributed by atoms with Gasteiger partial charge in [0, 0.05) is 29.8 Å². The number of hydrogen-bond donors (Lipinski definition) is 2. The molecule has 146 valence electrons. The largest absolute Gasteiger partial charge is 0.463 e. The van der Waals surface area contributed by atoms with Gasteiger partial charge in [-0.1, -0.05) is 30.3 Å². The van der Waals surface area contributed by atoms with Crippen molar-refractivity contribution in [2.45, 2.75) is 26.3 Å². The first-order valence-corrected chi connectivity index (χ1v) is 9.08. The molecule has 1 atom stereocenters. The average Bonchev–Trinajstić information content (AvgIpc) is 2.68. The third-order valence-corrected chi connectivity index (χ3v) is 3.80. The second-order valence-corrected chi connectivity index (χ2v) is 6.20. The van der Waals surface area contributed by atoms with Gasteiger partial charge in [-0.2, -0.15) is 0 Å². The van der Waals surface area contributed by atoms with E-state index in [1.165, 1.54) is 6.08 Å². The van der Waals surface area contributed by atoms with Crippen molar-refractivity contribution < 1.29 is 19.1 Å². The smallest absolute Gasteiger partial charge is 0.330 e. The Labute approximate surface area is 164 Å². The van der Waals surface area contributed by atoms with Gasteiger partial charge < -0.3 is 15.4 Å². The van der Waals surface area contributed by atoms with Crippen LogP contribution in [-0.2, 0) is 14.3 Å². The molecular weight excluding hydrogens is 356 g/mol. The summed E-state index contributed by atoms with van der Waals surface area (Å²) in [5, 5.41) is 5.60. The zero-order valence-electron chi connectivity index (χ0n) is 16.0. The second kappa shape index (κ2) is 10.7. The van der Waals surface area contributed by atoms with E-state index in [1.807, 2.05) is 6.07 Å². The average molecular weight is 380 g/mol. The number of carbonyl (C=O) groups excluding carboxylic acids is 3. The second-order valence-electron chi connectivity index (χ2n) is 6.20. The zero-order valence-corrected chi connectivity index (χ0v) is 16.0. The number of carbonyl (C=O) groups is 3. The fourth-order valence-corrected chi connectivity index (χ4v) is 2.47. The van der Waals surface area contributed by atoms with Crippen LogP contribution in [0.15, 0.2) is 60.7 Å². The van der Waals surface area contributed by atoms with Crippen LogP contribution in [0.5, 0.6) is 0 Å². The molecule has 6 heteroatoms. The molecule has 2 rings (SSSR count). The van der Waals surface area contributed by atoms with E-state index in [9.17, 15) is 14.4 Å². The van der Waals surface area contributed by atoms with Gasteiger partial charge >= 0.3 is 5.97 Å². The lowest BCUT2D eigenvalue weighted by atomic mass is 10.1. The summed E-state index contributed by atoms with van der Waals surface area (Å²) >= 11 is 0. The summed E-state index contributed by atoms with van der Waals surface area (Å²) in [6.07, 6.45) is 3.15. The molecule has 0 saturated heterocycles. The minimum absolute atomic E-state index is 0.156. The van der Waals surface area contributed by atoms with Gasteiger partial charge in [-0.05, 0) is 49.8 Å². The Morgan fingerprint density at radius 2 is 1.71 bits per heavy atom. The molecule has 0 bridgehead atoms. The quantitative estimate of drug-likeness (QED) is 0.543. The van der Waals surface area contributed by atoms with Gasteiger partial charge in [-0.3, -0.25) is 9.59 Å². The zero-order chi connectivity index (χ0) is 20.4. The summed E-state index contributed by atoms with van der Waals surface area (Å²) in [4.78, 5) is 35.6. The highest BCUT2D eigenvalue weighted by molar-refractivity contribution is 5.95. The number of hydrogen-bond acceptors (Lipinski definition) is 4. The summed E-state index contributed by atoms with van der Waals surface area (Å²) in [6.45, 7) is 3.86. The van der Waals surface area contributed by atoms with Crippen molar-refractivity contribution in [2.75, 3.05) is 11.9 Å². The molecule has 2 aromatic rings. The van der Waals surface area contributed by atoms with Crippen molar-refractivity contribution in [1.29, 1.82) is 0 Å². The topological polar surface area (TPSA) is 84.5 Å². The Kier molecular flexibility index (Phi) is 7.96. The predicted octanol–water partition coefficient (Wildman–Crippen LogP) is 3.41. The van der Waals surface area contributed by atoms with E-state index in [4.69, 9.17) is 4.74 Å². The molecule has 0 aromatic heterocycles. The standard InChI is InChI=1S/C22H24N2O4/c1-3-28-21(26)14-11-17-9-12-19(13-10-17)24-20(25)15-16(2)23-22(27)18-7-5-4-6-8-18/h4-14,16H,3,15H2,1-2H3,(H,23,27)(H,24,25)/b14-11+/t16-/m0/s1. The molecule has 0 aliphatic heterocycles. The number of nitrogens with one attached hydrogen (secondary N) is 2. The van der Waals surface area contributed by atoms with Crippen LogP contribution in [0.3, 0.4) is 0 Å². The molecule has 0 aliphatic rings. The minimum atomic E-state index is -0.397. The number of ether oxygens (including phenoxy) is 1. The van der Waals surface area contributed by atoms with Crippen LogP contribution in [0, 0.1) is 0 Å². The summed E-state index contributed by atoms with van der Waals surface area (Å²) < 4.78 is 4.82. The van der Waals surface area contributed by atoms with E-state index in [0.29, 0.717) is 17.9 Å². The molecule has 28 heavy (non-hydrogen) atoms. The van der Waals surface area contributed by atoms with E-state index in [0.717, 1.165) is 5.56 Å². The Hall–Kier alpha value is -3.41. The van der Waals surface area contributed by atoms with Crippen molar-refractivity contribution in [3.05, 3.63) is 71.8 Å². The monoisotopic (exact) mass is 380 g/mol. The van der Waals surface area contributed by atoms with E-state index in [1.54, 1.807) is 68.5 Å². The molecule has 0 radical (unpaired) electrons. The van der Waals surface area contributed by atoms with Gasteiger partial charge in [0.25, 0.3) is 5.91 Å². The predicted molar refractivity (Wildman–Crippen MR) is 109 cm³/mol. The Bertz CT molecular complexity index is 829. The molecule has 2 amide bonds. The third kappa shape index (κ3) is 7.07. The van der Waals surface area contributed by atoms with Crippen LogP contribution in [0.25, 0.3) is 6.08 Å². The van der Waals surface area contributed by atoms with Crippen molar-refractivity contribution in [2.24, 2.45) is 0 Å². The Balaban J connectivity index is 1.82. The number of amides is 2. The maximum Gasteiger partial charge on any atom is 0.330 e. The molecule has 0 saturated carbocycles. The molecular formula is C22H24N2O4. The number of esters is 1. The summed E-state index contributed by atoms with van der Waals surface area (Å²) in [7, 11) is 0. The molecule has 6 nitrogen and oxygen atoms in total. The van der Waals surface area contributed by atoms with Gasteiger partial charge in [0.15, 0.2) is 0 Å². The van der Waals surface area contributed by atoms with E-state index in [-0.39, 0.29) is 24.3 Å². The SMILES string of the molecule is CCOC(=O)/C=C/c1ccc(NC(=O)C[C@H](C)NC(=O)c2ccccc2)cc1. The highest BCUT2D eigenvalue weighted by Crippen LogP contribution is 2.12. The van der Waals surface area contributed by atoms with Gasteiger partial charge in [0.2, 0.25) is 5.91 Å². The molecule has 0 unspecified atom stereocenters. The lowest BCUT2D eigenvalue weighted by molar-refractivity contribution is -0.137. The van der Waals surface area contributed by atoms with Crippen LogP contribution >= 0.6 is 0 Å². The highest BCUT2D eigenvalue weighted by Gasteiger charge is 2.13. The minimum Gasteiger partial charge on any atom is -0.463 e. The first-order chi connectivity index (χ1) is 13.5. The van der Waals surface area contributed by atoms with Crippen LogP contribution in [0.1, 0.15) is 36.2 Å². The van der Waals surface area contributed by atoms with Gasteiger partial charge in [-0.15, -0.1) is 0 Å². The van der Waals surface area contributed by atoms with Gasteiger partial charge in [0.1, 0.15) is 0 Å². The molecule has 2 N–H and O–H groups in total. The Morgan fingerprint density at radius 1 is 1.04 bits per heavy atom. The third-order valence-electron chi connectivity index (χ3n) is 3.80. The Morgan fingerprint density at radius 3 is 2.36 bits per heavy atom. The molecule has 0 aliphatic carbocycles. The van der Waals surface area contributed by atoms with Gasteiger partial charge in [0.05, 0.1) is 6.61 Å². The normalized spacial score (nSPS) is 11.6.